The van der Waals surface area contributed by atoms with Gasteiger partial charge in [-0.15, -0.1) is 0 Å². The fourth-order valence-electron chi connectivity index (χ4n) is 2.60. The molecule has 2 aliphatic rings. The standard InChI is InChI=1S/C13H14N2O2/c14-5-7-15-6-1-2-11(15)10-3-4-12-13(8-10)17-9-16-12/h3-4,8,11H,1-2,6-7,9H2/t11-/m1/s1. The summed E-state index contributed by atoms with van der Waals surface area (Å²) in [7, 11) is 0. The number of nitrogens with zero attached hydrogens (tertiary/aromatic N) is 2. The molecule has 4 nitrogen and oxygen atoms in total. The van der Waals surface area contributed by atoms with Crippen LogP contribution < -0.4 is 9.47 Å². The number of ether oxygens (including phenoxy) is 2. The highest BCUT2D eigenvalue weighted by Gasteiger charge is 2.27. The maximum Gasteiger partial charge on any atom is 0.231 e. The Morgan fingerprint density at radius 3 is 3.12 bits per heavy atom. The van der Waals surface area contributed by atoms with E-state index in [1.165, 1.54) is 5.56 Å². The summed E-state index contributed by atoms with van der Waals surface area (Å²) in [4.78, 5) is 2.22. The van der Waals surface area contributed by atoms with Gasteiger partial charge in [0.2, 0.25) is 6.79 Å². The summed E-state index contributed by atoms with van der Waals surface area (Å²) in [6.45, 7) is 1.82. The Hall–Kier alpha value is -1.73. The van der Waals surface area contributed by atoms with Crippen molar-refractivity contribution in [1.82, 2.24) is 4.90 Å². The lowest BCUT2D eigenvalue weighted by Gasteiger charge is -2.21. The van der Waals surface area contributed by atoms with Gasteiger partial charge in [-0.1, -0.05) is 6.07 Å². The Bertz CT molecular complexity index is 467. The fourth-order valence-corrected chi connectivity index (χ4v) is 2.60. The van der Waals surface area contributed by atoms with Gasteiger partial charge in [0, 0.05) is 6.04 Å². The quantitative estimate of drug-likeness (QED) is 0.730. The van der Waals surface area contributed by atoms with Crippen molar-refractivity contribution in [2.24, 2.45) is 0 Å². The Balaban J connectivity index is 1.86. The van der Waals surface area contributed by atoms with Crippen molar-refractivity contribution in [3.05, 3.63) is 23.8 Å². The molecule has 0 aliphatic carbocycles. The molecule has 0 spiro atoms. The predicted molar refractivity (Wildman–Crippen MR) is 61.7 cm³/mol. The van der Waals surface area contributed by atoms with Gasteiger partial charge in [0.05, 0.1) is 12.6 Å². The maximum atomic E-state index is 8.81. The van der Waals surface area contributed by atoms with Gasteiger partial charge >= 0.3 is 0 Å². The van der Waals surface area contributed by atoms with Crippen molar-refractivity contribution >= 4 is 0 Å². The lowest BCUT2D eigenvalue weighted by atomic mass is 10.0. The molecule has 1 aromatic carbocycles. The first kappa shape index (κ1) is 10.4. The number of likely N-dealkylation sites (tertiary alicyclic amines) is 1. The van der Waals surface area contributed by atoms with E-state index in [2.05, 4.69) is 17.0 Å². The lowest BCUT2D eigenvalue weighted by Crippen LogP contribution is -2.23. The summed E-state index contributed by atoms with van der Waals surface area (Å²) in [5.74, 6) is 1.64. The molecule has 4 heteroatoms. The minimum Gasteiger partial charge on any atom is -0.454 e. The number of hydrogen-bond acceptors (Lipinski definition) is 4. The number of hydrogen-bond donors (Lipinski definition) is 0. The van der Waals surface area contributed by atoms with Gasteiger partial charge < -0.3 is 9.47 Å². The highest BCUT2D eigenvalue weighted by molar-refractivity contribution is 5.45. The van der Waals surface area contributed by atoms with Gasteiger partial charge in [-0.2, -0.15) is 5.26 Å². The van der Waals surface area contributed by atoms with E-state index in [1.54, 1.807) is 0 Å². The number of benzene rings is 1. The minimum absolute atomic E-state index is 0.311. The van der Waals surface area contributed by atoms with E-state index in [0.717, 1.165) is 30.9 Å². The molecule has 2 heterocycles. The Labute approximate surface area is 100 Å². The van der Waals surface area contributed by atoms with Gasteiger partial charge in [-0.3, -0.25) is 4.90 Å². The second-order valence-electron chi connectivity index (χ2n) is 4.40. The van der Waals surface area contributed by atoms with Crippen LogP contribution >= 0.6 is 0 Å². The van der Waals surface area contributed by atoms with Crippen LogP contribution in [0.4, 0.5) is 0 Å². The van der Waals surface area contributed by atoms with Crippen LogP contribution in [-0.2, 0) is 0 Å². The molecule has 0 radical (unpaired) electrons. The predicted octanol–water partition coefficient (Wildman–Crippen LogP) is 2.08. The molecule has 0 amide bonds. The van der Waals surface area contributed by atoms with E-state index in [-0.39, 0.29) is 0 Å². The van der Waals surface area contributed by atoms with Gasteiger partial charge in [-0.05, 0) is 37.1 Å². The summed E-state index contributed by atoms with van der Waals surface area (Å²) < 4.78 is 10.7. The first-order chi connectivity index (χ1) is 8.38. The number of rotatable bonds is 2. The van der Waals surface area contributed by atoms with Crippen molar-refractivity contribution in [2.75, 3.05) is 19.9 Å². The smallest absolute Gasteiger partial charge is 0.231 e. The van der Waals surface area contributed by atoms with Crippen molar-refractivity contribution in [3.63, 3.8) is 0 Å². The molecule has 3 rings (SSSR count). The SMILES string of the molecule is N#CCN1CCC[C@@H]1c1ccc2c(c1)OCO2. The summed E-state index contributed by atoms with van der Waals surface area (Å²) in [5.41, 5.74) is 1.22. The van der Waals surface area contributed by atoms with Crippen molar-refractivity contribution in [1.29, 1.82) is 5.26 Å². The van der Waals surface area contributed by atoms with Gasteiger partial charge in [0.15, 0.2) is 11.5 Å². The van der Waals surface area contributed by atoms with Crippen molar-refractivity contribution in [3.8, 4) is 17.6 Å². The van der Waals surface area contributed by atoms with Gasteiger partial charge in [0.1, 0.15) is 0 Å². The Kier molecular flexibility index (Phi) is 2.62. The van der Waals surface area contributed by atoms with E-state index < -0.39 is 0 Å². The monoisotopic (exact) mass is 230 g/mol. The van der Waals surface area contributed by atoms with Crippen molar-refractivity contribution in [2.45, 2.75) is 18.9 Å². The molecule has 0 unspecified atom stereocenters. The third kappa shape index (κ3) is 1.83. The zero-order valence-electron chi connectivity index (χ0n) is 9.56. The maximum absolute atomic E-state index is 8.81. The topological polar surface area (TPSA) is 45.5 Å². The average Bonchev–Trinajstić information content (AvgIpc) is 2.96. The molecule has 2 aliphatic heterocycles. The molecule has 1 aromatic rings. The van der Waals surface area contributed by atoms with E-state index in [4.69, 9.17) is 14.7 Å². The molecule has 1 atom stereocenters. The molecule has 17 heavy (non-hydrogen) atoms. The van der Waals surface area contributed by atoms with E-state index in [9.17, 15) is 0 Å². The van der Waals surface area contributed by atoms with Crippen LogP contribution in [0.25, 0.3) is 0 Å². The third-order valence-corrected chi connectivity index (χ3v) is 3.42. The summed E-state index contributed by atoms with van der Waals surface area (Å²) in [6, 6.07) is 8.66. The molecule has 0 N–H and O–H groups in total. The zero-order valence-corrected chi connectivity index (χ0v) is 9.56. The molecular formula is C13H14N2O2. The van der Waals surface area contributed by atoms with E-state index in [0.29, 0.717) is 19.4 Å². The highest BCUT2D eigenvalue weighted by Crippen LogP contribution is 2.38. The second kappa shape index (κ2) is 4.27. The Morgan fingerprint density at radius 2 is 2.24 bits per heavy atom. The summed E-state index contributed by atoms with van der Waals surface area (Å²) >= 11 is 0. The molecule has 0 bridgehead atoms. The average molecular weight is 230 g/mol. The third-order valence-electron chi connectivity index (χ3n) is 3.42. The second-order valence-corrected chi connectivity index (χ2v) is 4.40. The largest absolute Gasteiger partial charge is 0.454 e. The fraction of sp³-hybridized carbons (Fsp3) is 0.462. The van der Waals surface area contributed by atoms with Crippen molar-refractivity contribution < 1.29 is 9.47 Å². The first-order valence-corrected chi connectivity index (χ1v) is 5.89. The van der Waals surface area contributed by atoms with Gasteiger partial charge in [0.25, 0.3) is 0 Å². The Morgan fingerprint density at radius 1 is 1.35 bits per heavy atom. The molecule has 0 saturated carbocycles. The normalized spacial score (nSPS) is 22.6. The molecule has 1 saturated heterocycles. The number of fused-ring (bicyclic) bond motifs is 1. The highest BCUT2D eigenvalue weighted by atomic mass is 16.7. The van der Waals surface area contributed by atoms with Crippen LogP contribution in [0.5, 0.6) is 11.5 Å². The minimum atomic E-state index is 0.311. The van der Waals surface area contributed by atoms with Crippen LogP contribution in [0.3, 0.4) is 0 Å². The molecule has 0 aromatic heterocycles. The van der Waals surface area contributed by atoms with Crippen LogP contribution in [0.1, 0.15) is 24.4 Å². The zero-order chi connectivity index (χ0) is 11.7. The van der Waals surface area contributed by atoms with Crippen LogP contribution in [0, 0.1) is 11.3 Å². The van der Waals surface area contributed by atoms with E-state index >= 15 is 0 Å². The van der Waals surface area contributed by atoms with Crippen LogP contribution in [0.2, 0.25) is 0 Å². The lowest BCUT2D eigenvalue weighted by molar-refractivity contribution is 0.174. The summed E-state index contributed by atoms with van der Waals surface area (Å²) in [6.07, 6.45) is 2.27. The molecule has 1 fully saturated rings. The molecule has 88 valence electrons. The first-order valence-electron chi connectivity index (χ1n) is 5.89. The summed E-state index contributed by atoms with van der Waals surface area (Å²) in [5, 5.41) is 8.81. The van der Waals surface area contributed by atoms with Crippen LogP contribution in [0.15, 0.2) is 18.2 Å². The molecular weight excluding hydrogens is 216 g/mol. The van der Waals surface area contributed by atoms with E-state index in [1.807, 2.05) is 12.1 Å². The van der Waals surface area contributed by atoms with Gasteiger partial charge in [-0.25, -0.2) is 0 Å². The number of nitriles is 1. The van der Waals surface area contributed by atoms with Crippen LogP contribution in [-0.4, -0.2) is 24.8 Å².